The Kier molecular flexibility index (Phi) is 4.10. The van der Waals surface area contributed by atoms with Crippen LogP contribution in [0, 0.1) is 0 Å². The van der Waals surface area contributed by atoms with Crippen molar-refractivity contribution in [2.75, 3.05) is 5.73 Å². The molecule has 21 heavy (non-hydrogen) atoms. The zero-order valence-electron chi connectivity index (χ0n) is 12.6. The van der Waals surface area contributed by atoms with Gasteiger partial charge >= 0.3 is 0 Å². The van der Waals surface area contributed by atoms with Crippen molar-refractivity contribution in [2.24, 2.45) is 0 Å². The van der Waals surface area contributed by atoms with E-state index >= 15 is 0 Å². The third-order valence-electron chi connectivity index (χ3n) is 4.02. The van der Waals surface area contributed by atoms with Crippen molar-refractivity contribution in [2.45, 2.75) is 42.4 Å². The van der Waals surface area contributed by atoms with Crippen LogP contribution in [0.15, 0.2) is 58.3 Å². The van der Waals surface area contributed by atoms with Crippen LogP contribution in [-0.2, 0) is 15.3 Å². The van der Waals surface area contributed by atoms with Crippen LogP contribution < -0.4 is 5.73 Å². The Morgan fingerprint density at radius 1 is 0.905 bits per heavy atom. The average molecular weight is 303 g/mol. The molecule has 2 aromatic rings. The number of benzene rings is 2. The van der Waals surface area contributed by atoms with Gasteiger partial charge in [0.2, 0.25) is 9.84 Å². The highest BCUT2D eigenvalue weighted by molar-refractivity contribution is 7.91. The van der Waals surface area contributed by atoms with Crippen molar-refractivity contribution in [1.29, 1.82) is 0 Å². The minimum atomic E-state index is -3.48. The van der Waals surface area contributed by atoms with E-state index in [1.807, 2.05) is 12.1 Å². The summed E-state index contributed by atoms with van der Waals surface area (Å²) in [5, 5.41) is 0. The van der Waals surface area contributed by atoms with Crippen molar-refractivity contribution in [3.63, 3.8) is 0 Å². The Morgan fingerprint density at radius 2 is 1.33 bits per heavy atom. The van der Waals surface area contributed by atoms with Crippen LogP contribution in [0.5, 0.6) is 0 Å². The standard InChI is InChI=1S/C17H21NO2S/c1-4-17(2,3)13-5-9-15(10-6-13)21(19,20)16-11-7-14(18)8-12-16/h5-12H,4,18H2,1-3H3. The largest absolute Gasteiger partial charge is 0.399 e. The number of sulfone groups is 1. The Hall–Kier alpha value is -1.81. The van der Waals surface area contributed by atoms with Crippen LogP contribution in [0.3, 0.4) is 0 Å². The molecule has 0 spiro atoms. The normalized spacial score (nSPS) is 12.3. The fourth-order valence-corrected chi connectivity index (χ4v) is 3.33. The number of rotatable bonds is 4. The van der Waals surface area contributed by atoms with E-state index in [9.17, 15) is 8.42 Å². The van der Waals surface area contributed by atoms with Gasteiger partial charge in [-0.3, -0.25) is 0 Å². The van der Waals surface area contributed by atoms with Gasteiger partial charge in [0.15, 0.2) is 0 Å². The van der Waals surface area contributed by atoms with Crippen molar-refractivity contribution in [3.8, 4) is 0 Å². The number of hydrogen-bond donors (Lipinski definition) is 1. The number of nitrogens with two attached hydrogens (primary N) is 1. The lowest BCUT2D eigenvalue weighted by Crippen LogP contribution is -2.15. The van der Waals surface area contributed by atoms with Gasteiger partial charge < -0.3 is 5.73 Å². The molecular weight excluding hydrogens is 282 g/mol. The zero-order chi connectivity index (χ0) is 15.7. The third kappa shape index (κ3) is 3.10. The summed E-state index contributed by atoms with van der Waals surface area (Å²) in [7, 11) is -3.48. The second-order valence-electron chi connectivity index (χ2n) is 5.83. The number of anilines is 1. The van der Waals surface area contributed by atoms with Crippen LogP contribution in [0.1, 0.15) is 32.8 Å². The molecule has 4 heteroatoms. The molecule has 0 unspecified atom stereocenters. The Labute approximate surface area is 126 Å². The third-order valence-corrected chi connectivity index (χ3v) is 5.81. The van der Waals surface area contributed by atoms with Gasteiger partial charge in [-0.05, 0) is 53.8 Å². The molecule has 0 aliphatic heterocycles. The van der Waals surface area contributed by atoms with Gasteiger partial charge in [0.05, 0.1) is 9.79 Å². The Bertz CT molecular complexity index is 714. The molecule has 0 bridgehead atoms. The van der Waals surface area contributed by atoms with Crippen molar-refractivity contribution >= 4 is 15.5 Å². The summed E-state index contributed by atoms with van der Waals surface area (Å²) in [6.07, 6.45) is 0.997. The molecule has 0 atom stereocenters. The summed E-state index contributed by atoms with van der Waals surface area (Å²) in [6, 6.07) is 13.4. The summed E-state index contributed by atoms with van der Waals surface area (Å²) in [5.41, 5.74) is 7.33. The van der Waals surface area contributed by atoms with Gasteiger partial charge in [-0.1, -0.05) is 32.9 Å². The molecular formula is C17H21NO2S. The van der Waals surface area contributed by atoms with E-state index in [1.165, 1.54) is 12.1 Å². The van der Waals surface area contributed by atoms with E-state index < -0.39 is 9.84 Å². The lowest BCUT2D eigenvalue weighted by atomic mass is 9.82. The lowest BCUT2D eigenvalue weighted by molar-refractivity contribution is 0.506. The number of nitrogen functional groups attached to an aromatic ring is 1. The molecule has 0 saturated carbocycles. The fraction of sp³-hybridized carbons (Fsp3) is 0.294. The van der Waals surface area contributed by atoms with E-state index in [1.54, 1.807) is 24.3 Å². The molecule has 0 radical (unpaired) electrons. The Balaban J connectivity index is 2.40. The topological polar surface area (TPSA) is 60.2 Å². The molecule has 0 fully saturated rings. The summed E-state index contributed by atoms with van der Waals surface area (Å²) < 4.78 is 25.1. The van der Waals surface area contributed by atoms with E-state index in [0.29, 0.717) is 10.6 Å². The molecule has 2 N–H and O–H groups in total. The van der Waals surface area contributed by atoms with E-state index in [2.05, 4.69) is 20.8 Å². The average Bonchev–Trinajstić information content (AvgIpc) is 2.48. The van der Waals surface area contributed by atoms with Crippen LogP contribution >= 0.6 is 0 Å². The molecule has 0 amide bonds. The van der Waals surface area contributed by atoms with Gasteiger partial charge in [-0.25, -0.2) is 8.42 Å². The fourth-order valence-electron chi connectivity index (χ4n) is 2.07. The molecule has 0 aliphatic carbocycles. The molecule has 2 aromatic carbocycles. The summed E-state index contributed by atoms with van der Waals surface area (Å²) in [5.74, 6) is 0. The predicted octanol–water partition coefficient (Wildman–Crippen LogP) is 3.79. The van der Waals surface area contributed by atoms with Gasteiger partial charge in [0.1, 0.15) is 0 Å². The van der Waals surface area contributed by atoms with Gasteiger partial charge in [-0.2, -0.15) is 0 Å². The van der Waals surface area contributed by atoms with Crippen molar-refractivity contribution < 1.29 is 8.42 Å². The quantitative estimate of drug-likeness (QED) is 0.874. The van der Waals surface area contributed by atoms with Crippen molar-refractivity contribution in [1.82, 2.24) is 0 Å². The van der Waals surface area contributed by atoms with Gasteiger partial charge in [0.25, 0.3) is 0 Å². The first-order valence-electron chi connectivity index (χ1n) is 6.98. The smallest absolute Gasteiger partial charge is 0.206 e. The van der Waals surface area contributed by atoms with Crippen LogP contribution in [0.2, 0.25) is 0 Å². The maximum absolute atomic E-state index is 12.5. The minimum absolute atomic E-state index is 0.0451. The maximum Gasteiger partial charge on any atom is 0.206 e. The molecule has 0 aliphatic rings. The van der Waals surface area contributed by atoms with Crippen LogP contribution in [0.4, 0.5) is 5.69 Å². The highest BCUT2D eigenvalue weighted by Crippen LogP contribution is 2.29. The summed E-state index contributed by atoms with van der Waals surface area (Å²) in [4.78, 5) is 0.571. The van der Waals surface area contributed by atoms with Gasteiger partial charge in [-0.15, -0.1) is 0 Å². The zero-order valence-corrected chi connectivity index (χ0v) is 13.4. The second-order valence-corrected chi connectivity index (χ2v) is 7.78. The van der Waals surface area contributed by atoms with E-state index in [4.69, 9.17) is 5.73 Å². The molecule has 3 nitrogen and oxygen atoms in total. The molecule has 112 valence electrons. The maximum atomic E-state index is 12.5. The Morgan fingerprint density at radius 3 is 1.76 bits per heavy atom. The van der Waals surface area contributed by atoms with Crippen molar-refractivity contribution in [3.05, 3.63) is 54.1 Å². The summed E-state index contributed by atoms with van der Waals surface area (Å²) in [6.45, 7) is 6.42. The van der Waals surface area contributed by atoms with Crippen LogP contribution in [0.25, 0.3) is 0 Å². The monoisotopic (exact) mass is 303 g/mol. The highest BCUT2D eigenvalue weighted by atomic mass is 32.2. The van der Waals surface area contributed by atoms with E-state index in [-0.39, 0.29) is 10.3 Å². The van der Waals surface area contributed by atoms with Crippen LogP contribution in [-0.4, -0.2) is 8.42 Å². The number of hydrogen-bond acceptors (Lipinski definition) is 3. The van der Waals surface area contributed by atoms with E-state index in [0.717, 1.165) is 12.0 Å². The minimum Gasteiger partial charge on any atom is -0.399 e. The second kappa shape index (κ2) is 5.53. The SMILES string of the molecule is CCC(C)(C)c1ccc(S(=O)(=O)c2ccc(N)cc2)cc1. The lowest BCUT2D eigenvalue weighted by Gasteiger charge is -2.23. The highest BCUT2D eigenvalue weighted by Gasteiger charge is 2.21. The predicted molar refractivity (Wildman–Crippen MR) is 86.1 cm³/mol. The molecule has 2 rings (SSSR count). The first-order chi connectivity index (χ1) is 9.77. The first kappa shape index (κ1) is 15.6. The molecule has 0 heterocycles. The molecule has 0 saturated heterocycles. The first-order valence-corrected chi connectivity index (χ1v) is 8.47. The molecule has 0 aromatic heterocycles. The van der Waals surface area contributed by atoms with Gasteiger partial charge in [0, 0.05) is 5.69 Å². The summed E-state index contributed by atoms with van der Waals surface area (Å²) >= 11 is 0.